The lowest BCUT2D eigenvalue weighted by atomic mass is 10.1. The van der Waals surface area contributed by atoms with E-state index in [4.69, 9.17) is 0 Å². The van der Waals surface area contributed by atoms with Crippen molar-refractivity contribution in [1.29, 1.82) is 0 Å². The van der Waals surface area contributed by atoms with E-state index >= 15 is 0 Å². The van der Waals surface area contributed by atoms with Gasteiger partial charge in [0.25, 0.3) is 0 Å². The van der Waals surface area contributed by atoms with Gasteiger partial charge in [-0.3, -0.25) is 4.98 Å². The molecule has 0 radical (unpaired) electrons. The largest absolute Gasteiger partial charge is 0.416 e. The molecule has 3 rings (SSSR count). The molecule has 0 aliphatic rings. The quantitative estimate of drug-likeness (QED) is 0.737. The van der Waals surface area contributed by atoms with Crippen LogP contribution in [0.15, 0.2) is 48.0 Å². The molecule has 3 aromatic rings. The summed E-state index contributed by atoms with van der Waals surface area (Å²) in [6.45, 7) is 0. The molecule has 0 aliphatic carbocycles. The fourth-order valence-electron chi connectivity index (χ4n) is 1.98. The normalized spacial score (nSPS) is 11.8. The summed E-state index contributed by atoms with van der Waals surface area (Å²) in [5, 5.41) is 1.07. The molecule has 4 nitrogen and oxygen atoms in total. The topological polar surface area (TPSA) is 42.7 Å². The molecule has 2 heterocycles. The van der Waals surface area contributed by atoms with E-state index in [-0.39, 0.29) is 0 Å². The van der Waals surface area contributed by atoms with Crippen LogP contribution in [0.2, 0.25) is 0 Å². The summed E-state index contributed by atoms with van der Waals surface area (Å²) in [6.07, 6.45) is 0.513. The second-order valence-corrected chi connectivity index (χ2v) is 5.39. The molecule has 0 spiro atoms. The lowest BCUT2D eigenvalue weighted by Gasteiger charge is -2.12. The molecule has 1 aromatic carbocycles. The number of anilines is 1. The number of nitrogens with zero attached hydrogens (tertiary/aromatic N) is 3. The number of fused-ring (bicyclic) bond motifs is 1. The zero-order chi connectivity index (χ0) is 15.7. The van der Waals surface area contributed by atoms with Crippen LogP contribution in [-0.2, 0) is 13.2 Å². The Morgan fingerprint density at radius 3 is 2.68 bits per heavy atom. The Bertz CT molecular complexity index is 813. The van der Waals surface area contributed by atoms with Crippen molar-refractivity contribution in [1.82, 2.24) is 14.5 Å². The first-order valence-corrected chi connectivity index (χ1v) is 7.13. The highest BCUT2D eigenvalue weighted by atomic mass is 32.2. The molecule has 0 saturated carbocycles. The molecule has 0 saturated heterocycles. The van der Waals surface area contributed by atoms with Crippen molar-refractivity contribution in [3.05, 3.63) is 48.4 Å². The first kappa shape index (κ1) is 14.7. The zero-order valence-electron chi connectivity index (χ0n) is 11.4. The number of halogens is 3. The lowest BCUT2D eigenvalue weighted by molar-refractivity contribution is -0.137. The van der Waals surface area contributed by atoms with Gasteiger partial charge in [0.15, 0.2) is 5.16 Å². The van der Waals surface area contributed by atoms with Gasteiger partial charge in [0.05, 0.1) is 16.8 Å². The van der Waals surface area contributed by atoms with Gasteiger partial charge in [0.2, 0.25) is 0 Å². The highest BCUT2D eigenvalue weighted by Gasteiger charge is 2.31. The molecule has 2 aromatic heterocycles. The standard InChI is InChI=1S/C14H11F3N4S/c1-21-6-5-19-13(21)22-20-11-8-10(14(15,16)17)7-9-3-2-4-18-12(9)11/h2-8,20H,1H3. The Hall–Kier alpha value is -2.22. The van der Waals surface area contributed by atoms with Gasteiger partial charge in [0, 0.05) is 43.0 Å². The fourth-order valence-corrected chi connectivity index (χ4v) is 2.66. The molecule has 8 heteroatoms. The Balaban J connectivity index is 2.01. The van der Waals surface area contributed by atoms with Crippen molar-refractivity contribution in [3.63, 3.8) is 0 Å². The number of rotatable bonds is 3. The van der Waals surface area contributed by atoms with E-state index in [2.05, 4.69) is 14.7 Å². The van der Waals surface area contributed by atoms with E-state index < -0.39 is 11.7 Å². The highest BCUT2D eigenvalue weighted by molar-refractivity contribution is 8.00. The number of nitrogens with one attached hydrogen (secondary N) is 1. The third-order valence-corrected chi connectivity index (χ3v) is 3.96. The maximum absolute atomic E-state index is 13.0. The third-order valence-electron chi connectivity index (χ3n) is 3.06. The number of benzene rings is 1. The second-order valence-electron chi connectivity index (χ2n) is 4.62. The zero-order valence-corrected chi connectivity index (χ0v) is 12.2. The summed E-state index contributed by atoms with van der Waals surface area (Å²) in [6, 6.07) is 5.37. The van der Waals surface area contributed by atoms with Gasteiger partial charge in [-0.05, 0) is 18.2 Å². The minimum atomic E-state index is -4.41. The number of imidazole rings is 1. The van der Waals surface area contributed by atoms with E-state index in [1.165, 1.54) is 0 Å². The van der Waals surface area contributed by atoms with Gasteiger partial charge in [-0.25, -0.2) is 4.98 Å². The van der Waals surface area contributed by atoms with Gasteiger partial charge >= 0.3 is 6.18 Å². The number of alkyl halides is 3. The van der Waals surface area contributed by atoms with Crippen LogP contribution in [0.5, 0.6) is 0 Å². The Labute approximate surface area is 128 Å². The minimum absolute atomic E-state index is 0.304. The third kappa shape index (κ3) is 2.87. The summed E-state index contributed by atoms with van der Waals surface area (Å²) in [5.41, 5.74) is 0.0755. The average Bonchev–Trinajstić information content (AvgIpc) is 2.89. The first-order chi connectivity index (χ1) is 10.4. The van der Waals surface area contributed by atoms with Crippen LogP contribution in [0, 0.1) is 0 Å². The lowest BCUT2D eigenvalue weighted by Crippen LogP contribution is -2.06. The summed E-state index contributed by atoms with van der Waals surface area (Å²) >= 11 is 1.14. The Morgan fingerprint density at radius 1 is 1.18 bits per heavy atom. The molecular formula is C14H11F3N4S. The summed E-state index contributed by atoms with van der Waals surface area (Å²) in [7, 11) is 1.81. The highest BCUT2D eigenvalue weighted by Crippen LogP contribution is 2.35. The van der Waals surface area contributed by atoms with Crippen LogP contribution in [0.25, 0.3) is 10.9 Å². The fraction of sp³-hybridized carbons (Fsp3) is 0.143. The van der Waals surface area contributed by atoms with Crippen molar-refractivity contribution in [2.75, 3.05) is 4.72 Å². The van der Waals surface area contributed by atoms with E-state index in [1.807, 2.05) is 0 Å². The number of hydrogen-bond donors (Lipinski definition) is 1. The number of aryl methyl sites for hydroxylation is 1. The van der Waals surface area contributed by atoms with E-state index in [0.29, 0.717) is 21.7 Å². The van der Waals surface area contributed by atoms with Crippen LogP contribution in [0.3, 0.4) is 0 Å². The molecule has 0 unspecified atom stereocenters. The first-order valence-electron chi connectivity index (χ1n) is 6.31. The van der Waals surface area contributed by atoms with Gasteiger partial charge in [0.1, 0.15) is 0 Å². The molecular weight excluding hydrogens is 313 g/mol. The van der Waals surface area contributed by atoms with Crippen molar-refractivity contribution in [2.45, 2.75) is 11.3 Å². The Morgan fingerprint density at radius 2 is 2.00 bits per heavy atom. The molecule has 0 amide bonds. The molecule has 0 fully saturated rings. The predicted octanol–water partition coefficient (Wildman–Crippen LogP) is 4.11. The van der Waals surface area contributed by atoms with Crippen LogP contribution < -0.4 is 4.72 Å². The van der Waals surface area contributed by atoms with Gasteiger partial charge in [-0.1, -0.05) is 6.07 Å². The van der Waals surface area contributed by atoms with E-state index in [1.54, 1.807) is 42.3 Å². The summed E-state index contributed by atoms with van der Waals surface area (Å²) in [5.74, 6) is 0. The average molecular weight is 324 g/mol. The maximum atomic E-state index is 13.0. The van der Waals surface area contributed by atoms with E-state index in [9.17, 15) is 13.2 Å². The van der Waals surface area contributed by atoms with E-state index in [0.717, 1.165) is 24.1 Å². The van der Waals surface area contributed by atoms with Gasteiger partial charge in [-0.15, -0.1) is 0 Å². The maximum Gasteiger partial charge on any atom is 0.416 e. The van der Waals surface area contributed by atoms with Crippen LogP contribution in [0.1, 0.15) is 5.56 Å². The molecule has 0 bridgehead atoms. The molecule has 114 valence electrons. The number of hydrogen-bond acceptors (Lipinski definition) is 4. The monoisotopic (exact) mass is 324 g/mol. The number of aromatic nitrogens is 3. The summed E-state index contributed by atoms with van der Waals surface area (Å²) in [4.78, 5) is 8.26. The predicted molar refractivity (Wildman–Crippen MR) is 79.4 cm³/mol. The van der Waals surface area contributed by atoms with Crippen molar-refractivity contribution in [3.8, 4) is 0 Å². The molecule has 22 heavy (non-hydrogen) atoms. The SMILES string of the molecule is Cn1ccnc1SNc1cc(C(F)(F)F)cc2cccnc12. The molecule has 1 N–H and O–H groups in total. The second kappa shape index (κ2) is 5.53. The Kier molecular flexibility index (Phi) is 3.69. The van der Waals surface area contributed by atoms with Gasteiger partial charge in [-0.2, -0.15) is 13.2 Å². The van der Waals surface area contributed by atoms with Crippen LogP contribution in [0.4, 0.5) is 18.9 Å². The van der Waals surface area contributed by atoms with Crippen molar-refractivity contribution in [2.24, 2.45) is 7.05 Å². The minimum Gasteiger partial charge on any atom is -0.328 e. The van der Waals surface area contributed by atoms with Crippen molar-refractivity contribution < 1.29 is 13.2 Å². The molecule has 0 aliphatic heterocycles. The van der Waals surface area contributed by atoms with Crippen molar-refractivity contribution >= 4 is 28.5 Å². The van der Waals surface area contributed by atoms with Gasteiger partial charge < -0.3 is 9.29 Å². The van der Waals surface area contributed by atoms with Crippen LogP contribution >= 0.6 is 11.9 Å². The molecule has 0 atom stereocenters. The smallest absolute Gasteiger partial charge is 0.328 e. The summed E-state index contributed by atoms with van der Waals surface area (Å²) < 4.78 is 43.7. The number of pyridine rings is 1. The van der Waals surface area contributed by atoms with Crippen LogP contribution in [-0.4, -0.2) is 14.5 Å².